The molecular formula is C40H57N7O7. The van der Waals surface area contributed by atoms with Crippen LogP contribution in [0.5, 0.6) is 0 Å². The molecule has 3 fully saturated rings. The molecule has 14 nitrogen and oxygen atoms in total. The van der Waals surface area contributed by atoms with E-state index in [0.717, 1.165) is 60.3 Å². The van der Waals surface area contributed by atoms with Crippen molar-refractivity contribution in [1.82, 2.24) is 24.7 Å². The van der Waals surface area contributed by atoms with Gasteiger partial charge in [-0.15, -0.1) is 5.06 Å². The van der Waals surface area contributed by atoms with Crippen LogP contribution in [0, 0.1) is 13.8 Å². The molecule has 0 aromatic heterocycles. The number of para-hydroxylation sites is 1. The van der Waals surface area contributed by atoms with Crippen LogP contribution in [0.2, 0.25) is 0 Å². The molecule has 3 saturated heterocycles. The van der Waals surface area contributed by atoms with Crippen LogP contribution >= 0.6 is 0 Å². The van der Waals surface area contributed by atoms with E-state index in [1.165, 1.54) is 0 Å². The third-order valence-electron chi connectivity index (χ3n) is 11.1. The molecule has 4 aliphatic rings. The average Bonchev–Trinajstić information content (AvgIpc) is 3.31. The number of piperidine rings is 2. The first kappa shape index (κ1) is 39.1. The normalized spacial score (nSPS) is 20.1. The van der Waals surface area contributed by atoms with Gasteiger partial charge in [0.25, 0.3) is 5.91 Å². The molecule has 2 aromatic rings. The zero-order valence-corrected chi connectivity index (χ0v) is 32.5. The Morgan fingerprint density at radius 3 is 2.11 bits per heavy atom. The fraction of sp³-hybridized carbons (Fsp3) is 0.600. The largest absolute Gasteiger partial charge is 0.528 e. The van der Waals surface area contributed by atoms with Gasteiger partial charge in [-0.3, -0.25) is 9.69 Å². The van der Waals surface area contributed by atoms with Gasteiger partial charge >= 0.3 is 18.3 Å². The molecule has 4 amide bonds. The highest BCUT2D eigenvalue weighted by Crippen LogP contribution is 2.27. The maximum atomic E-state index is 14.2. The highest BCUT2D eigenvalue weighted by Gasteiger charge is 2.37. The number of aryl methyl sites for hydroxylation is 2. The fourth-order valence-corrected chi connectivity index (χ4v) is 8.06. The van der Waals surface area contributed by atoms with Gasteiger partial charge < -0.3 is 40.1 Å². The molecule has 6 rings (SSSR count). The van der Waals surface area contributed by atoms with E-state index >= 15 is 0 Å². The number of piperazine rings is 1. The molecule has 4 heterocycles. The summed E-state index contributed by atoms with van der Waals surface area (Å²) in [4.78, 5) is 66.3. The summed E-state index contributed by atoms with van der Waals surface area (Å²) in [5, 5.41) is 4.70. The van der Waals surface area contributed by atoms with Gasteiger partial charge in [-0.05, 0) is 95.0 Å². The van der Waals surface area contributed by atoms with Gasteiger partial charge in [0.15, 0.2) is 6.10 Å². The molecule has 1 atom stereocenters. The topological polar surface area (TPSA) is 150 Å². The van der Waals surface area contributed by atoms with E-state index < -0.39 is 24.0 Å². The van der Waals surface area contributed by atoms with Crippen molar-refractivity contribution in [3.63, 3.8) is 0 Å². The maximum absolute atomic E-state index is 14.2. The fourth-order valence-electron chi connectivity index (χ4n) is 8.06. The van der Waals surface area contributed by atoms with E-state index in [1.54, 1.807) is 30.7 Å². The van der Waals surface area contributed by atoms with E-state index in [4.69, 9.17) is 20.0 Å². The summed E-state index contributed by atoms with van der Waals surface area (Å²) < 4.78 is 11.4. The lowest BCUT2D eigenvalue weighted by atomic mass is 9.98. The van der Waals surface area contributed by atoms with Crippen LogP contribution in [0.3, 0.4) is 0 Å². The lowest BCUT2D eigenvalue weighted by molar-refractivity contribution is -0.162. The number of ether oxygens (including phenoxy) is 2. The number of nitrogens with two attached hydrogens (primary N) is 1. The van der Waals surface area contributed by atoms with Gasteiger partial charge in [-0.25, -0.2) is 14.4 Å². The molecule has 14 heteroatoms. The van der Waals surface area contributed by atoms with Crippen molar-refractivity contribution in [1.29, 1.82) is 0 Å². The summed E-state index contributed by atoms with van der Waals surface area (Å²) in [6.45, 7) is 14.5. The second kappa shape index (κ2) is 16.8. The monoisotopic (exact) mass is 747 g/mol. The SMILES string of the molecule is Cc1cc(C[C@@H](OC(=O)N2CCC(N3CCc4ccccc4NC3=O)CC2)C(=O)N2CCC(N3CCN(OC(=O)OC(C)(C)C)CC3)CC2)cc(C)c1N. The minimum Gasteiger partial charge on any atom is -0.436 e. The minimum atomic E-state index is -0.988. The Bertz CT molecular complexity index is 1650. The van der Waals surface area contributed by atoms with E-state index in [1.807, 2.05) is 60.0 Å². The molecular weight excluding hydrogens is 690 g/mol. The number of rotatable bonds is 7. The van der Waals surface area contributed by atoms with Gasteiger partial charge in [-0.2, -0.15) is 0 Å². The summed E-state index contributed by atoms with van der Waals surface area (Å²) in [5.74, 6) is -0.194. The molecule has 2 aromatic carbocycles. The van der Waals surface area contributed by atoms with Gasteiger partial charge in [-0.1, -0.05) is 30.3 Å². The van der Waals surface area contributed by atoms with Crippen molar-refractivity contribution < 1.29 is 33.5 Å². The molecule has 54 heavy (non-hydrogen) atoms. The summed E-state index contributed by atoms with van der Waals surface area (Å²) in [6, 6.07) is 12.0. The first-order valence-electron chi connectivity index (χ1n) is 19.4. The van der Waals surface area contributed by atoms with Crippen molar-refractivity contribution in [2.24, 2.45) is 0 Å². The van der Waals surface area contributed by atoms with E-state index in [0.29, 0.717) is 70.4 Å². The Morgan fingerprint density at radius 1 is 0.852 bits per heavy atom. The Balaban J connectivity index is 1.04. The smallest absolute Gasteiger partial charge is 0.436 e. The van der Waals surface area contributed by atoms with Gasteiger partial charge in [0.1, 0.15) is 5.60 Å². The number of carbonyl (C=O) groups is 4. The summed E-state index contributed by atoms with van der Waals surface area (Å²) in [5.41, 5.74) is 11.0. The van der Waals surface area contributed by atoms with Crippen LogP contribution in [0.15, 0.2) is 36.4 Å². The number of amides is 4. The van der Waals surface area contributed by atoms with Crippen LogP contribution in [0.1, 0.15) is 68.7 Å². The van der Waals surface area contributed by atoms with Crippen LogP contribution < -0.4 is 11.1 Å². The van der Waals surface area contributed by atoms with Crippen LogP contribution in [0.4, 0.5) is 25.8 Å². The van der Waals surface area contributed by atoms with Gasteiger partial charge in [0, 0.05) is 88.8 Å². The standard InChI is InChI=1S/C40H57N7O7/c1-27-24-29(25-28(2)35(27)41)26-34(36(48)44-15-11-31(12-16-44)43-20-22-46(23-21-43)54-39(51)53-40(3,4)5)52-38(50)45-17-13-32(14-18-45)47-19-10-30-8-6-7-9-33(30)42-37(47)49/h6-9,24-25,31-32,34H,10-23,26,41H2,1-5H3,(H,42,49)/t34-/m1/s1. The summed E-state index contributed by atoms with van der Waals surface area (Å²) in [7, 11) is 0. The number of nitrogens with zero attached hydrogens (tertiary/aromatic N) is 5. The third-order valence-corrected chi connectivity index (χ3v) is 11.1. The predicted molar refractivity (Wildman–Crippen MR) is 205 cm³/mol. The highest BCUT2D eigenvalue weighted by molar-refractivity contribution is 5.91. The van der Waals surface area contributed by atoms with Crippen molar-refractivity contribution in [3.05, 3.63) is 58.7 Å². The molecule has 0 aliphatic carbocycles. The second-order valence-corrected chi connectivity index (χ2v) is 16.0. The van der Waals surface area contributed by atoms with Crippen LogP contribution in [-0.4, -0.2) is 132 Å². The molecule has 0 saturated carbocycles. The van der Waals surface area contributed by atoms with Crippen molar-refractivity contribution in [2.45, 2.75) is 96.9 Å². The molecule has 0 radical (unpaired) electrons. The molecule has 0 spiro atoms. The Kier molecular flexibility index (Phi) is 12.2. The Morgan fingerprint density at radius 2 is 1.46 bits per heavy atom. The number of nitrogen functional groups attached to an aromatic ring is 1. The van der Waals surface area contributed by atoms with E-state index in [2.05, 4.69) is 10.2 Å². The number of urea groups is 1. The van der Waals surface area contributed by atoms with Crippen molar-refractivity contribution >= 4 is 35.6 Å². The molecule has 4 aliphatic heterocycles. The maximum Gasteiger partial charge on any atom is 0.528 e. The number of anilines is 2. The number of hydroxylamine groups is 2. The summed E-state index contributed by atoms with van der Waals surface area (Å²) >= 11 is 0. The number of hydrogen-bond acceptors (Lipinski definition) is 10. The minimum absolute atomic E-state index is 0.00305. The van der Waals surface area contributed by atoms with E-state index in [9.17, 15) is 19.2 Å². The Labute approximate surface area is 318 Å². The number of likely N-dealkylation sites (tertiary alicyclic amines) is 2. The first-order chi connectivity index (χ1) is 25.7. The molecule has 3 N–H and O–H groups in total. The van der Waals surface area contributed by atoms with Gasteiger partial charge in [0.2, 0.25) is 0 Å². The first-order valence-corrected chi connectivity index (χ1v) is 19.4. The molecule has 294 valence electrons. The molecule has 0 bridgehead atoms. The van der Waals surface area contributed by atoms with E-state index in [-0.39, 0.29) is 24.4 Å². The number of hydrogen-bond donors (Lipinski definition) is 2. The van der Waals surface area contributed by atoms with Crippen molar-refractivity contribution in [2.75, 3.05) is 70.0 Å². The third kappa shape index (κ3) is 9.75. The quantitative estimate of drug-likeness (QED) is 0.294. The molecule has 0 unspecified atom stereocenters. The number of benzene rings is 2. The number of carbonyl (C=O) groups excluding carboxylic acids is 4. The Hall–Kier alpha value is -4.56. The lowest BCUT2D eigenvalue weighted by Crippen LogP contribution is -2.55. The van der Waals surface area contributed by atoms with Gasteiger partial charge in [0.05, 0.1) is 0 Å². The average molecular weight is 748 g/mol. The zero-order chi connectivity index (χ0) is 38.6. The summed E-state index contributed by atoms with van der Waals surface area (Å²) in [6.07, 6.45) is 1.67. The second-order valence-electron chi connectivity index (χ2n) is 16.0. The van der Waals surface area contributed by atoms with Crippen molar-refractivity contribution in [3.8, 4) is 0 Å². The lowest BCUT2D eigenvalue weighted by Gasteiger charge is -2.42. The van der Waals surface area contributed by atoms with Crippen LogP contribution in [0.25, 0.3) is 0 Å². The predicted octanol–water partition coefficient (Wildman–Crippen LogP) is 4.96. The number of nitrogens with one attached hydrogen (secondary N) is 1. The highest BCUT2D eigenvalue weighted by atomic mass is 16.8. The van der Waals surface area contributed by atoms with Crippen LogP contribution in [-0.2, 0) is 31.9 Å². The number of fused-ring (bicyclic) bond motifs is 1. The zero-order valence-electron chi connectivity index (χ0n) is 32.5.